The number of aromatic amines is 1. The van der Waals surface area contributed by atoms with Gasteiger partial charge in [-0.25, -0.2) is 0 Å². The van der Waals surface area contributed by atoms with Crippen LogP contribution in [0.4, 0.5) is 0 Å². The molecule has 0 saturated heterocycles. The van der Waals surface area contributed by atoms with Gasteiger partial charge in [-0.05, 0) is 11.6 Å². The van der Waals surface area contributed by atoms with Gasteiger partial charge in [0.15, 0.2) is 0 Å². The maximum absolute atomic E-state index is 13.2. The lowest BCUT2D eigenvalue weighted by Crippen LogP contribution is -2.55. The minimum atomic E-state index is -1.15. The fraction of sp³-hybridized carbons (Fsp3) is 0.478. The Bertz CT molecular complexity index is 1030. The van der Waals surface area contributed by atoms with Crippen LogP contribution in [0.2, 0.25) is 0 Å². The monoisotopic (exact) mass is 508 g/mol. The van der Waals surface area contributed by atoms with E-state index < -0.39 is 36.4 Å². The molecule has 0 spiro atoms. The normalized spacial score (nSPS) is 13.2. The van der Waals surface area contributed by atoms with Crippen molar-refractivity contribution < 1.29 is 24.3 Å². The highest BCUT2D eigenvalue weighted by Crippen LogP contribution is 2.35. The summed E-state index contributed by atoms with van der Waals surface area (Å²) in [6.07, 6.45) is 2.02. The standard InChI is InChI=1S/C23H32N4O5S2/c1-14(28)25-18(10-15-11-24-17-9-7-6-8-16(15)17)21(31)26-19(13-33-34-23(2,3)4)22(32)27(5)12-20(29)30/h6-9,11,18-19,24H,10,12-13H2,1-5H3,(H,25,28)(H,26,31)(H,29,30)/t18-,19-/m0/s1. The van der Waals surface area contributed by atoms with Crippen molar-refractivity contribution in [2.24, 2.45) is 0 Å². The first-order chi connectivity index (χ1) is 15.9. The van der Waals surface area contributed by atoms with Gasteiger partial charge in [0.2, 0.25) is 17.7 Å². The van der Waals surface area contributed by atoms with E-state index in [0.29, 0.717) is 0 Å². The van der Waals surface area contributed by atoms with Crippen LogP contribution in [0.1, 0.15) is 33.3 Å². The molecule has 1 aromatic heterocycles. The Hall–Kier alpha value is -2.66. The SMILES string of the molecule is CC(=O)N[C@@H](Cc1c[nH]c2ccccc12)C(=O)N[C@@H](CSSC(C)(C)C)C(=O)N(C)CC(=O)O. The van der Waals surface area contributed by atoms with E-state index in [4.69, 9.17) is 5.11 Å². The van der Waals surface area contributed by atoms with Crippen molar-refractivity contribution in [2.75, 3.05) is 19.3 Å². The molecule has 34 heavy (non-hydrogen) atoms. The first-order valence-corrected chi connectivity index (χ1v) is 13.1. The van der Waals surface area contributed by atoms with Crippen LogP contribution >= 0.6 is 21.6 Å². The van der Waals surface area contributed by atoms with Crippen LogP contribution in [-0.2, 0) is 25.6 Å². The topological polar surface area (TPSA) is 132 Å². The van der Waals surface area contributed by atoms with Crippen LogP contribution in [0.3, 0.4) is 0 Å². The highest BCUT2D eigenvalue weighted by Gasteiger charge is 2.30. The Morgan fingerprint density at radius 1 is 1.12 bits per heavy atom. The molecule has 9 nitrogen and oxygen atoms in total. The summed E-state index contributed by atoms with van der Waals surface area (Å²) in [7, 11) is 4.37. The smallest absolute Gasteiger partial charge is 0.323 e. The molecular weight excluding hydrogens is 476 g/mol. The predicted molar refractivity (Wildman–Crippen MR) is 137 cm³/mol. The third-order valence-electron chi connectivity index (χ3n) is 4.70. The van der Waals surface area contributed by atoms with Gasteiger partial charge in [0, 0.05) is 48.0 Å². The summed E-state index contributed by atoms with van der Waals surface area (Å²) < 4.78 is -0.0662. The van der Waals surface area contributed by atoms with Crippen LogP contribution in [0.15, 0.2) is 30.5 Å². The third-order valence-corrected chi connectivity index (χ3v) is 8.05. The molecule has 1 aromatic carbocycles. The molecule has 186 valence electrons. The minimum Gasteiger partial charge on any atom is -0.480 e. The fourth-order valence-corrected chi connectivity index (χ4v) is 5.70. The number of aromatic nitrogens is 1. The van der Waals surface area contributed by atoms with E-state index in [2.05, 4.69) is 15.6 Å². The van der Waals surface area contributed by atoms with E-state index in [-0.39, 0.29) is 22.8 Å². The summed E-state index contributed by atoms with van der Waals surface area (Å²) in [4.78, 5) is 53.3. The second-order valence-electron chi connectivity index (χ2n) is 8.95. The van der Waals surface area contributed by atoms with Gasteiger partial charge in [0.05, 0.1) is 0 Å². The molecule has 0 unspecified atom stereocenters. The van der Waals surface area contributed by atoms with E-state index in [1.54, 1.807) is 17.0 Å². The molecule has 11 heteroatoms. The Kier molecular flexibility index (Phi) is 9.87. The van der Waals surface area contributed by atoms with Gasteiger partial charge in [-0.15, -0.1) is 0 Å². The highest BCUT2D eigenvalue weighted by atomic mass is 33.1. The molecule has 0 aliphatic carbocycles. The third kappa shape index (κ3) is 8.60. The van der Waals surface area contributed by atoms with Gasteiger partial charge in [-0.3, -0.25) is 19.2 Å². The molecule has 2 aromatic rings. The lowest BCUT2D eigenvalue weighted by atomic mass is 10.0. The number of likely N-dealkylation sites (N-methyl/N-ethyl adjacent to an activating group) is 1. The number of nitrogens with zero attached hydrogens (tertiary/aromatic N) is 1. The molecule has 3 amide bonds. The number of carbonyl (C=O) groups excluding carboxylic acids is 3. The molecule has 4 N–H and O–H groups in total. The maximum atomic E-state index is 13.2. The van der Waals surface area contributed by atoms with Crippen LogP contribution < -0.4 is 10.6 Å². The number of benzene rings is 1. The lowest BCUT2D eigenvalue weighted by Gasteiger charge is -2.26. The number of para-hydroxylation sites is 1. The molecule has 0 radical (unpaired) electrons. The summed E-state index contributed by atoms with van der Waals surface area (Å²) in [6, 6.07) is 5.79. The van der Waals surface area contributed by atoms with Crippen LogP contribution in [0.25, 0.3) is 10.9 Å². The Balaban J connectivity index is 2.21. The maximum Gasteiger partial charge on any atom is 0.323 e. The van der Waals surface area contributed by atoms with Gasteiger partial charge < -0.3 is 25.6 Å². The summed E-state index contributed by atoms with van der Waals surface area (Å²) in [5, 5.41) is 15.4. The van der Waals surface area contributed by atoms with Crippen molar-refractivity contribution in [3.8, 4) is 0 Å². The quantitative estimate of drug-likeness (QED) is 0.343. The van der Waals surface area contributed by atoms with Gasteiger partial charge in [-0.1, -0.05) is 60.6 Å². The number of rotatable bonds is 11. The van der Waals surface area contributed by atoms with Gasteiger partial charge >= 0.3 is 5.97 Å². The van der Waals surface area contributed by atoms with Crippen LogP contribution in [-0.4, -0.2) is 74.9 Å². The Labute approximate surface area is 207 Å². The van der Waals surface area contributed by atoms with Crippen molar-refractivity contribution in [1.29, 1.82) is 0 Å². The largest absolute Gasteiger partial charge is 0.480 e. The average molecular weight is 509 g/mol. The number of nitrogens with one attached hydrogen (secondary N) is 3. The molecule has 0 aliphatic heterocycles. The van der Waals surface area contributed by atoms with Crippen molar-refractivity contribution in [3.63, 3.8) is 0 Å². The second kappa shape index (κ2) is 12.2. The average Bonchev–Trinajstić information content (AvgIpc) is 3.13. The van der Waals surface area contributed by atoms with E-state index in [9.17, 15) is 19.2 Å². The molecule has 0 aliphatic rings. The fourth-order valence-electron chi connectivity index (χ4n) is 3.25. The minimum absolute atomic E-state index is 0.0662. The molecule has 2 rings (SSSR count). The van der Waals surface area contributed by atoms with Gasteiger partial charge in [-0.2, -0.15) is 0 Å². The van der Waals surface area contributed by atoms with E-state index in [1.165, 1.54) is 24.8 Å². The second-order valence-corrected chi connectivity index (χ2v) is 12.1. The number of carbonyl (C=O) groups is 4. The first-order valence-electron chi connectivity index (χ1n) is 10.8. The number of amides is 3. The summed E-state index contributed by atoms with van der Waals surface area (Å²) in [6.45, 7) is 6.95. The van der Waals surface area contributed by atoms with Crippen molar-refractivity contribution in [3.05, 3.63) is 36.0 Å². The zero-order valence-corrected chi connectivity index (χ0v) is 21.6. The van der Waals surface area contributed by atoms with E-state index in [1.807, 2.05) is 45.0 Å². The molecule has 1 heterocycles. The number of fused-ring (bicyclic) bond motifs is 1. The number of aliphatic carboxylic acids is 1. The molecule has 2 atom stereocenters. The number of hydrogen-bond donors (Lipinski definition) is 4. The summed E-state index contributed by atoms with van der Waals surface area (Å²) in [5.74, 6) is -2.29. The van der Waals surface area contributed by atoms with Gasteiger partial charge in [0.25, 0.3) is 0 Å². The molecule has 0 bridgehead atoms. The summed E-state index contributed by atoms with van der Waals surface area (Å²) >= 11 is 0. The summed E-state index contributed by atoms with van der Waals surface area (Å²) in [5.41, 5.74) is 1.77. The van der Waals surface area contributed by atoms with Crippen molar-refractivity contribution in [1.82, 2.24) is 20.5 Å². The zero-order chi connectivity index (χ0) is 25.5. The van der Waals surface area contributed by atoms with E-state index >= 15 is 0 Å². The first kappa shape index (κ1) is 27.6. The Morgan fingerprint density at radius 2 is 1.79 bits per heavy atom. The number of H-pyrrole nitrogens is 1. The number of hydrogen-bond acceptors (Lipinski definition) is 6. The predicted octanol–water partition coefficient (Wildman–Crippen LogP) is 2.42. The molecule has 0 fully saturated rings. The van der Waals surface area contributed by atoms with Crippen molar-refractivity contribution in [2.45, 2.75) is 50.9 Å². The van der Waals surface area contributed by atoms with Crippen molar-refractivity contribution >= 4 is 56.2 Å². The van der Waals surface area contributed by atoms with Crippen LogP contribution in [0.5, 0.6) is 0 Å². The van der Waals surface area contributed by atoms with Gasteiger partial charge in [0.1, 0.15) is 18.6 Å². The number of carboxylic acid groups (broad SMARTS) is 1. The Morgan fingerprint density at radius 3 is 2.41 bits per heavy atom. The zero-order valence-electron chi connectivity index (χ0n) is 20.0. The number of carboxylic acids is 1. The lowest BCUT2D eigenvalue weighted by molar-refractivity contribution is -0.144. The highest BCUT2D eigenvalue weighted by molar-refractivity contribution is 8.77. The van der Waals surface area contributed by atoms with Crippen LogP contribution in [0, 0.1) is 0 Å². The molecular formula is C23H32N4O5S2. The van der Waals surface area contributed by atoms with E-state index in [0.717, 1.165) is 21.4 Å². The molecule has 0 saturated carbocycles.